The van der Waals surface area contributed by atoms with E-state index in [-0.39, 0.29) is 6.04 Å². The first-order chi connectivity index (χ1) is 8.70. The molecule has 2 aromatic rings. The predicted molar refractivity (Wildman–Crippen MR) is 74.5 cm³/mol. The monoisotopic (exact) mass is 309 g/mol. The minimum atomic E-state index is 0.244. The van der Waals surface area contributed by atoms with Crippen LogP contribution >= 0.6 is 15.9 Å². The van der Waals surface area contributed by atoms with E-state index >= 15 is 0 Å². The smallest absolute Gasteiger partial charge is 0.120 e. The molecule has 5 heteroatoms. The van der Waals surface area contributed by atoms with Crippen LogP contribution in [0.1, 0.15) is 24.2 Å². The number of nitrogens with zero attached hydrogens (tertiary/aromatic N) is 1. The van der Waals surface area contributed by atoms with Crippen molar-refractivity contribution in [2.75, 3.05) is 7.11 Å². The molecule has 0 aliphatic heterocycles. The van der Waals surface area contributed by atoms with Crippen molar-refractivity contribution in [1.29, 1.82) is 0 Å². The Morgan fingerprint density at radius 3 is 2.89 bits per heavy atom. The summed E-state index contributed by atoms with van der Waals surface area (Å²) in [6.45, 7) is 2.89. The summed E-state index contributed by atoms with van der Waals surface area (Å²) >= 11 is 3.57. The van der Waals surface area contributed by atoms with Crippen LogP contribution in [-0.4, -0.2) is 17.3 Å². The molecule has 0 radical (unpaired) electrons. The van der Waals surface area contributed by atoms with Gasteiger partial charge in [0.05, 0.1) is 7.11 Å². The van der Waals surface area contributed by atoms with Crippen LogP contribution in [0.5, 0.6) is 5.75 Å². The molecule has 2 rings (SSSR count). The molecule has 0 saturated carbocycles. The first-order valence-corrected chi connectivity index (χ1v) is 6.55. The Bertz CT molecular complexity index is 499. The van der Waals surface area contributed by atoms with Crippen LogP contribution in [0.15, 0.2) is 34.9 Å². The van der Waals surface area contributed by atoms with Gasteiger partial charge in [0, 0.05) is 29.0 Å². The van der Waals surface area contributed by atoms with Crippen LogP contribution in [-0.2, 0) is 6.54 Å². The minimum absolute atomic E-state index is 0.244. The molecule has 18 heavy (non-hydrogen) atoms. The maximum absolute atomic E-state index is 5.18. The molecular formula is C13H16BrN3O. The summed E-state index contributed by atoms with van der Waals surface area (Å²) < 4.78 is 6.23. The number of nitrogens with one attached hydrogen (secondary N) is 2. The van der Waals surface area contributed by atoms with Crippen molar-refractivity contribution >= 4 is 15.9 Å². The number of H-pyrrole nitrogens is 1. The lowest BCUT2D eigenvalue weighted by atomic mass is 10.1. The van der Waals surface area contributed by atoms with Crippen LogP contribution in [0.2, 0.25) is 0 Å². The Balaban J connectivity index is 2.02. The highest BCUT2D eigenvalue weighted by Gasteiger charge is 2.10. The van der Waals surface area contributed by atoms with Gasteiger partial charge in [0.25, 0.3) is 0 Å². The van der Waals surface area contributed by atoms with Gasteiger partial charge in [0.15, 0.2) is 0 Å². The molecule has 1 aromatic heterocycles. The van der Waals surface area contributed by atoms with Gasteiger partial charge < -0.3 is 10.1 Å². The zero-order chi connectivity index (χ0) is 13.0. The zero-order valence-corrected chi connectivity index (χ0v) is 12.0. The number of hydrogen-bond acceptors (Lipinski definition) is 3. The van der Waals surface area contributed by atoms with Crippen LogP contribution in [0.25, 0.3) is 0 Å². The van der Waals surface area contributed by atoms with Gasteiger partial charge in [-0.15, -0.1) is 0 Å². The molecule has 96 valence electrons. The maximum Gasteiger partial charge on any atom is 0.120 e. The number of aromatic amines is 1. The Morgan fingerprint density at radius 2 is 2.28 bits per heavy atom. The molecule has 1 atom stereocenters. The maximum atomic E-state index is 5.18. The van der Waals surface area contributed by atoms with Crippen LogP contribution in [0.4, 0.5) is 0 Å². The first kappa shape index (κ1) is 13.1. The molecule has 0 aliphatic rings. The second-order valence-electron chi connectivity index (χ2n) is 4.07. The molecule has 0 aliphatic carbocycles. The summed E-state index contributed by atoms with van der Waals surface area (Å²) in [5.41, 5.74) is 2.28. The number of benzene rings is 1. The van der Waals surface area contributed by atoms with Crippen molar-refractivity contribution in [2.24, 2.45) is 0 Å². The minimum Gasteiger partial charge on any atom is -0.497 e. The van der Waals surface area contributed by atoms with Gasteiger partial charge in [0.2, 0.25) is 0 Å². The highest BCUT2D eigenvalue weighted by molar-refractivity contribution is 9.10. The molecular weight excluding hydrogens is 294 g/mol. The van der Waals surface area contributed by atoms with E-state index in [9.17, 15) is 0 Å². The van der Waals surface area contributed by atoms with Crippen LogP contribution in [0, 0.1) is 0 Å². The van der Waals surface area contributed by atoms with E-state index in [0.717, 1.165) is 22.5 Å². The average molecular weight is 310 g/mol. The first-order valence-electron chi connectivity index (χ1n) is 5.76. The van der Waals surface area contributed by atoms with Gasteiger partial charge in [-0.05, 0) is 30.7 Å². The van der Waals surface area contributed by atoms with E-state index in [0.29, 0.717) is 0 Å². The van der Waals surface area contributed by atoms with Crippen molar-refractivity contribution in [3.63, 3.8) is 0 Å². The van der Waals surface area contributed by atoms with E-state index in [4.69, 9.17) is 4.74 Å². The van der Waals surface area contributed by atoms with Crippen molar-refractivity contribution in [3.05, 3.63) is 46.2 Å². The van der Waals surface area contributed by atoms with Crippen molar-refractivity contribution < 1.29 is 4.74 Å². The van der Waals surface area contributed by atoms with Crippen molar-refractivity contribution in [3.8, 4) is 5.75 Å². The Labute approximate surface area is 115 Å². The fourth-order valence-electron chi connectivity index (χ4n) is 1.74. The SMILES string of the molecule is COc1ccc([C@H](C)NCc2ccn[nH]2)c(Br)c1. The standard InChI is InChI=1S/C13H16BrN3O/c1-9(15-8-10-5-6-16-17-10)12-4-3-11(18-2)7-13(12)14/h3-7,9,15H,8H2,1-2H3,(H,16,17)/t9-/m0/s1. The third-order valence-electron chi connectivity index (χ3n) is 2.83. The van der Waals surface area contributed by atoms with E-state index in [1.165, 1.54) is 5.56 Å². The number of methoxy groups -OCH3 is 1. The second kappa shape index (κ2) is 6.02. The number of ether oxygens (including phenoxy) is 1. The Kier molecular flexibility index (Phi) is 4.38. The molecule has 0 unspecified atom stereocenters. The predicted octanol–water partition coefficient (Wildman–Crippen LogP) is 3.03. The molecule has 0 amide bonds. The summed E-state index contributed by atoms with van der Waals surface area (Å²) in [5.74, 6) is 0.853. The summed E-state index contributed by atoms with van der Waals surface area (Å²) in [6.07, 6.45) is 1.75. The summed E-state index contributed by atoms with van der Waals surface area (Å²) in [5, 5.41) is 10.3. The van der Waals surface area contributed by atoms with Crippen LogP contribution < -0.4 is 10.1 Å². The largest absolute Gasteiger partial charge is 0.497 e. The molecule has 0 fully saturated rings. The molecule has 0 bridgehead atoms. The van der Waals surface area contributed by atoms with Gasteiger partial charge in [-0.3, -0.25) is 5.10 Å². The quantitative estimate of drug-likeness (QED) is 0.892. The highest BCUT2D eigenvalue weighted by atomic mass is 79.9. The third-order valence-corrected chi connectivity index (χ3v) is 3.52. The van der Waals surface area contributed by atoms with Crippen molar-refractivity contribution in [1.82, 2.24) is 15.5 Å². The topological polar surface area (TPSA) is 49.9 Å². The highest BCUT2D eigenvalue weighted by Crippen LogP contribution is 2.27. The van der Waals surface area contributed by atoms with Crippen molar-refractivity contribution in [2.45, 2.75) is 19.5 Å². The van der Waals surface area contributed by atoms with E-state index in [1.54, 1.807) is 13.3 Å². The fourth-order valence-corrected chi connectivity index (χ4v) is 2.44. The number of hydrogen-bond donors (Lipinski definition) is 2. The summed E-state index contributed by atoms with van der Waals surface area (Å²) in [4.78, 5) is 0. The lowest BCUT2D eigenvalue weighted by molar-refractivity contribution is 0.414. The zero-order valence-electron chi connectivity index (χ0n) is 10.4. The molecule has 1 heterocycles. The number of rotatable bonds is 5. The lowest BCUT2D eigenvalue weighted by Gasteiger charge is -2.16. The van der Waals surface area contributed by atoms with Gasteiger partial charge in [-0.1, -0.05) is 22.0 Å². The Hall–Kier alpha value is -1.33. The number of aromatic nitrogens is 2. The molecule has 1 aromatic carbocycles. The summed E-state index contributed by atoms with van der Waals surface area (Å²) in [6, 6.07) is 8.21. The normalized spacial score (nSPS) is 12.4. The molecule has 4 nitrogen and oxygen atoms in total. The molecule has 2 N–H and O–H groups in total. The fraction of sp³-hybridized carbons (Fsp3) is 0.308. The molecule has 0 saturated heterocycles. The van der Waals surface area contributed by atoms with E-state index in [1.807, 2.05) is 18.2 Å². The van der Waals surface area contributed by atoms with Gasteiger partial charge in [-0.2, -0.15) is 5.10 Å². The number of halogens is 1. The van der Waals surface area contributed by atoms with E-state index < -0.39 is 0 Å². The molecule has 0 spiro atoms. The Morgan fingerprint density at radius 1 is 1.44 bits per heavy atom. The second-order valence-corrected chi connectivity index (χ2v) is 4.93. The average Bonchev–Trinajstić information content (AvgIpc) is 2.88. The van der Waals surface area contributed by atoms with Gasteiger partial charge >= 0.3 is 0 Å². The third kappa shape index (κ3) is 3.11. The van der Waals surface area contributed by atoms with Gasteiger partial charge in [0.1, 0.15) is 5.75 Å². The summed E-state index contributed by atoms with van der Waals surface area (Å²) in [7, 11) is 1.67. The lowest BCUT2D eigenvalue weighted by Crippen LogP contribution is -2.18. The van der Waals surface area contributed by atoms with Crippen LogP contribution in [0.3, 0.4) is 0 Å². The van der Waals surface area contributed by atoms with E-state index in [2.05, 4.69) is 44.4 Å². The van der Waals surface area contributed by atoms with Gasteiger partial charge in [-0.25, -0.2) is 0 Å².